The molecular weight excluding hydrogens is 307 g/mol. The molecule has 0 aliphatic rings. The predicted molar refractivity (Wildman–Crippen MR) is 66.5 cm³/mol. The highest BCUT2D eigenvalue weighted by Crippen LogP contribution is 2.30. The third-order valence-corrected chi connectivity index (χ3v) is 3.45. The maximum Gasteiger partial charge on any atom is 0.137 e. The van der Waals surface area contributed by atoms with Gasteiger partial charge in [0.2, 0.25) is 0 Å². The van der Waals surface area contributed by atoms with Crippen LogP contribution in [-0.2, 0) is 0 Å². The van der Waals surface area contributed by atoms with E-state index in [0.29, 0.717) is 5.56 Å². The van der Waals surface area contributed by atoms with Crippen molar-refractivity contribution in [1.82, 2.24) is 0 Å². The van der Waals surface area contributed by atoms with E-state index in [2.05, 4.69) is 15.9 Å². The summed E-state index contributed by atoms with van der Waals surface area (Å²) in [5.41, 5.74) is 6.20. The van der Waals surface area contributed by atoms with Crippen molar-refractivity contribution in [2.75, 3.05) is 0 Å². The largest absolute Gasteiger partial charge is 0.320 e. The van der Waals surface area contributed by atoms with E-state index < -0.39 is 23.5 Å². The highest BCUT2D eigenvalue weighted by molar-refractivity contribution is 9.10. The second-order valence-corrected chi connectivity index (χ2v) is 4.58. The van der Waals surface area contributed by atoms with Gasteiger partial charge < -0.3 is 5.73 Å². The lowest BCUT2D eigenvalue weighted by Gasteiger charge is -2.15. The maximum atomic E-state index is 13.6. The molecule has 94 valence electrons. The first-order chi connectivity index (χ1) is 8.50. The summed E-state index contributed by atoms with van der Waals surface area (Å²) in [7, 11) is 0. The molecule has 0 bridgehead atoms. The Morgan fingerprint density at radius 2 is 1.67 bits per heavy atom. The normalized spacial score (nSPS) is 12.5. The van der Waals surface area contributed by atoms with Gasteiger partial charge in [-0.3, -0.25) is 0 Å². The van der Waals surface area contributed by atoms with Crippen molar-refractivity contribution in [2.45, 2.75) is 6.04 Å². The fourth-order valence-electron chi connectivity index (χ4n) is 1.68. The van der Waals surface area contributed by atoms with E-state index in [1.165, 1.54) is 12.1 Å². The summed E-state index contributed by atoms with van der Waals surface area (Å²) in [5, 5.41) is 0. The van der Waals surface area contributed by atoms with Crippen LogP contribution in [0.1, 0.15) is 17.2 Å². The van der Waals surface area contributed by atoms with Gasteiger partial charge in [-0.15, -0.1) is 0 Å². The average Bonchev–Trinajstić information content (AvgIpc) is 2.35. The minimum Gasteiger partial charge on any atom is -0.320 e. The summed E-state index contributed by atoms with van der Waals surface area (Å²) in [6.07, 6.45) is 0. The van der Waals surface area contributed by atoms with Gasteiger partial charge in [0.15, 0.2) is 0 Å². The zero-order chi connectivity index (χ0) is 13.3. The Morgan fingerprint density at radius 1 is 0.944 bits per heavy atom. The summed E-state index contributed by atoms with van der Waals surface area (Å²) in [6, 6.07) is 6.35. The molecule has 5 heteroatoms. The Labute approximate surface area is 111 Å². The van der Waals surface area contributed by atoms with Crippen LogP contribution in [0.4, 0.5) is 13.2 Å². The molecule has 0 saturated carbocycles. The van der Waals surface area contributed by atoms with E-state index in [0.717, 1.165) is 18.2 Å². The Kier molecular flexibility index (Phi) is 3.73. The molecule has 0 aliphatic carbocycles. The Morgan fingerprint density at radius 3 is 2.39 bits per heavy atom. The van der Waals surface area contributed by atoms with Gasteiger partial charge in [0, 0.05) is 5.56 Å². The van der Waals surface area contributed by atoms with Gasteiger partial charge in [-0.2, -0.15) is 0 Å². The summed E-state index contributed by atoms with van der Waals surface area (Å²) in [6.45, 7) is 0. The fraction of sp³-hybridized carbons (Fsp3) is 0.0769. The van der Waals surface area contributed by atoms with Crippen LogP contribution in [0.25, 0.3) is 0 Å². The van der Waals surface area contributed by atoms with E-state index in [9.17, 15) is 13.2 Å². The first-order valence-corrected chi connectivity index (χ1v) is 5.94. The molecule has 0 spiro atoms. The molecule has 0 fully saturated rings. The Balaban J connectivity index is 2.51. The molecule has 0 aliphatic heterocycles. The van der Waals surface area contributed by atoms with Crippen molar-refractivity contribution in [1.29, 1.82) is 0 Å². The van der Waals surface area contributed by atoms with Gasteiger partial charge in [-0.1, -0.05) is 12.1 Å². The number of hydrogen-bond acceptors (Lipinski definition) is 1. The monoisotopic (exact) mass is 315 g/mol. The molecule has 0 radical (unpaired) electrons. The van der Waals surface area contributed by atoms with Gasteiger partial charge >= 0.3 is 0 Å². The van der Waals surface area contributed by atoms with Crippen molar-refractivity contribution in [3.8, 4) is 0 Å². The molecule has 0 amide bonds. The third kappa shape index (κ3) is 2.42. The van der Waals surface area contributed by atoms with Gasteiger partial charge in [0.1, 0.15) is 17.5 Å². The van der Waals surface area contributed by atoms with Crippen molar-refractivity contribution in [2.24, 2.45) is 5.73 Å². The van der Waals surface area contributed by atoms with Gasteiger partial charge in [-0.05, 0) is 45.8 Å². The molecule has 2 rings (SSSR count). The Bertz CT molecular complexity index is 584. The van der Waals surface area contributed by atoms with Crippen LogP contribution in [0.15, 0.2) is 40.9 Å². The molecule has 18 heavy (non-hydrogen) atoms. The molecule has 0 heterocycles. The van der Waals surface area contributed by atoms with Crippen molar-refractivity contribution in [3.63, 3.8) is 0 Å². The molecule has 2 aromatic carbocycles. The van der Waals surface area contributed by atoms with E-state index in [4.69, 9.17) is 5.73 Å². The van der Waals surface area contributed by atoms with E-state index in [1.807, 2.05) is 0 Å². The summed E-state index contributed by atoms with van der Waals surface area (Å²) < 4.78 is 40.2. The van der Waals surface area contributed by atoms with Crippen molar-refractivity contribution < 1.29 is 13.2 Å². The number of rotatable bonds is 2. The quantitative estimate of drug-likeness (QED) is 0.893. The predicted octanol–water partition coefficient (Wildman–Crippen LogP) is 3.91. The second-order valence-electron chi connectivity index (χ2n) is 3.79. The summed E-state index contributed by atoms with van der Waals surface area (Å²) >= 11 is 3.05. The summed E-state index contributed by atoms with van der Waals surface area (Å²) in [5.74, 6) is -1.71. The van der Waals surface area contributed by atoms with E-state index in [1.54, 1.807) is 6.07 Å². The lowest BCUT2D eigenvalue weighted by Crippen LogP contribution is -2.15. The average molecular weight is 316 g/mol. The fourth-order valence-corrected chi connectivity index (χ4v) is 2.19. The molecule has 2 N–H and O–H groups in total. The summed E-state index contributed by atoms with van der Waals surface area (Å²) in [4.78, 5) is 0. The molecule has 1 nitrogen and oxygen atoms in total. The molecule has 1 unspecified atom stereocenters. The van der Waals surface area contributed by atoms with Gasteiger partial charge in [0.25, 0.3) is 0 Å². The highest BCUT2D eigenvalue weighted by Gasteiger charge is 2.18. The van der Waals surface area contributed by atoms with Crippen LogP contribution in [0, 0.1) is 17.5 Å². The lowest BCUT2D eigenvalue weighted by atomic mass is 9.99. The van der Waals surface area contributed by atoms with Crippen LogP contribution >= 0.6 is 15.9 Å². The standard InChI is InChI=1S/C13H9BrF3N/c14-12-8(2-1-3-11(12)17)13(18)9-6-7(15)4-5-10(9)16/h1-6,13H,18H2. The van der Waals surface area contributed by atoms with Crippen LogP contribution in [-0.4, -0.2) is 0 Å². The number of benzene rings is 2. The smallest absolute Gasteiger partial charge is 0.137 e. The first-order valence-electron chi connectivity index (χ1n) is 5.15. The van der Waals surface area contributed by atoms with Crippen LogP contribution < -0.4 is 5.73 Å². The van der Waals surface area contributed by atoms with Crippen molar-refractivity contribution >= 4 is 15.9 Å². The number of halogens is 4. The van der Waals surface area contributed by atoms with E-state index >= 15 is 0 Å². The first kappa shape index (κ1) is 13.1. The maximum absolute atomic E-state index is 13.6. The van der Waals surface area contributed by atoms with Crippen LogP contribution in [0.5, 0.6) is 0 Å². The number of nitrogens with two attached hydrogens (primary N) is 1. The minimum absolute atomic E-state index is 0.0127. The number of hydrogen-bond donors (Lipinski definition) is 1. The molecule has 1 atom stereocenters. The third-order valence-electron chi connectivity index (χ3n) is 2.61. The zero-order valence-electron chi connectivity index (χ0n) is 9.13. The minimum atomic E-state index is -0.939. The molecule has 0 saturated heterocycles. The molecule has 0 aromatic heterocycles. The second kappa shape index (κ2) is 5.12. The van der Waals surface area contributed by atoms with Crippen LogP contribution in [0.2, 0.25) is 0 Å². The molecular formula is C13H9BrF3N. The topological polar surface area (TPSA) is 26.0 Å². The Hall–Kier alpha value is -1.33. The zero-order valence-corrected chi connectivity index (χ0v) is 10.7. The van der Waals surface area contributed by atoms with Gasteiger partial charge in [0.05, 0.1) is 10.5 Å². The molecule has 2 aromatic rings. The van der Waals surface area contributed by atoms with Crippen LogP contribution in [0.3, 0.4) is 0 Å². The SMILES string of the molecule is NC(c1cc(F)ccc1F)c1cccc(F)c1Br. The van der Waals surface area contributed by atoms with Crippen molar-refractivity contribution in [3.05, 3.63) is 69.4 Å². The van der Waals surface area contributed by atoms with Gasteiger partial charge in [-0.25, -0.2) is 13.2 Å². The van der Waals surface area contributed by atoms with E-state index in [-0.39, 0.29) is 10.0 Å². The lowest BCUT2D eigenvalue weighted by molar-refractivity contribution is 0.574. The highest BCUT2D eigenvalue weighted by atomic mass is 79.9.